The number of carboxylic acids is 1. The first kappa shape index (κ1) is 19.2. The van der Waals surface area contributed by atoms with Gasteiger partial charge < -0.3 is 21.5 Å². The van der Waals surface area contributed by atoms with Crippen molar-refractivity contribution in [3.05, 3.63) is 59.2 Å². The molecule has 5 N–H and O–H groups in total. The Kier molecular flexibility index (Phi) is 6.13. The molecule has 1 aromatic carbocycles. The number of carboxylic acid groups (broad SMARTS) is 1. The maximum absolute atomic E-state index is 14.6. The highest BCUT2D eigenvalue weighted by molar-refractivity contribution is 6.44. The van der Waals surface area contributed by atoms with Crippen LogP contribution in [0.25, 0.3) is 5.70 Å². The van der Waals surface area contributed by atoms with E-state index in [1.807, 2.05) is 0 Å². The van der Waals surface area contributed by atoms with Crippen LogP contribution in [0.4, 0.5) is 10.1 Å². The van der Waals surface area contributed by atoms with Gasteiger partial charge in [-0.2, -0.15) is 0 Å². The van der Waals surface area contributed by atoms with Crippen molar-refractivity contribution in [1.29, 1.82) is 0 Å². The molecule has 24 heavy (non-hydrogen) atoms. The average molecular weight is 353 g/mol. The summed E-state index contributed by atoms with van der Waals surface area (Å²) in [5.41, 5.74) is 10.3. The summed E-state index contributed by atoms with van der Waals surface area (Å²) < 4.78 is 14.6. The summed E-state index contributed by atoms with van der Waals surface area (Å²) in [7, 11) is 3.24. The number of halogens is 2. The predicted octanol–water partition coefficient (Wildman–Crippen LogP) is 2.36. The molecule has 0 unspecified atom stereocenters. The van der Waals surface area contributed by atoms with Crippen molar-refractivity contribution >= 4 is 34.7 Å². The highest BCUT2D eigenvalue weighted by Crippen LogP contribution is 2.32. The summed E-state index contributed by atoms with van der Waals surface area (Å²) in [6.07, 6.45) is 1.15. The lowest BCUT2D eigenvalue weighted by Gasteiger charge is -2.17. The summed E-state index contributed by atoms with van der Waals surface area (Å²) in [4.78, 5) is 16.7. The van der Waals surface area contributed by atoms with Crippen LogP contribution in [0, 0.1) is 5.82 Å². The lowest BCUT2D eigenvalue weighted by Crippen LogP contribution is -2.22. The van der Waals surface area contributed by atoms with E-state index in [0.717, 1.165) is 6.08 Å². The quantitative estimate of drug-likeness (QED) is 0.538. The van der Waals surface area contributed by atoms with Gasteiger partial charge in [0.1, 0.15) is 5.82 Å². The molecule has 128 valence electrons. The second-order valence-electron chi connectivity index (χ2n) is 4.94. The first-order valence-electron chi connectivity index (χ1n) is 6.66. The van der Waals surface area contributed by atoms with Crippen LogP contribution in [0.15, 0.2) is 47.8 Å². The molecule has 0 bridgehead atoms. The Bertz CT molecular complexity index is 766. The number of nitrogens with zero attached hydrogens (tertiary/aromatic N) is 2. The standard InChI is InChI=1S/C16H18ClFN4O2/c1-5-9(15(19)20)13(16(23)24)21-8(2)10-6-7-11(17)14(12(10)18)22(3)4/h5-7H,1-2,19-20H2,3-4H3,(H,23,24)/b21-13+. The summed E-state index contributed by atoms with van der Waals surface area (Å²) in [6.45, 7) is 7.07. The zero-order valence-electron chi connectivity index (χ0n) is 13.3. The van der Waals surface area contributed by atoms with E-state index in [9.17, 15) is 14.3 Å². The van der Waals surface area contributed by atoms with Gasteiger partial charge in [-0.3, -0.25) is 0 Å². The van der Waals surface area contributed by atoms with Crippen molar-refractivity contribution in [2.75, 3.05) is 19.0 Å². The van der Waals surface area contributed by atoms with Gasteiger partial charge in [0.15, 0.2) is 11.5 Å². The van der Waals surface area contributed by atoms with Gasteiger partial charge in [-0.15, -0.1) is 0 Å². The number of rotatable bonds is 6. The topological polar surface area (TPSA) is 105 Å². The third-order valence-corrected chi connectivity index (χ3v) is 3.35. The molecule has 0 aliphatic rings. The molecule has 0 aliphatic heterocycles. The Labute approximate surface area is 144 Å². The fourth-order valence-corrected chi connectivity index (χ4v) is 2.26. The number of nitrogens with two attached hydrogens (primary N) is 2. The highest BCUT2D eigenvalue weighted by Gasteiger charge is 2.20. The van der Waals surface area contributed by atoms with Crippen molar-refractivity contribution in [2.45, 2.75) is 0 Å². The number of benzene rings is 1. The molecule has 0 atom stereocenters. The summed E-state index contributed by atoms with van der Waals surface area (Å²) in [5.74, 6) is -2.35. The smallest absolute Gasteiger partial charge is 0.355 e. The molecule has 0 spiro atoms. The fraction of sp³-hybridized carbons (Fsp3) is 0.125. The van der Waals surface area contributed by atoms with E-state index in [-0.39, 0.29) is 33.4 Å². The lowest BCUT2D eigenvalue weighted by molar-refractivity contribution is -0.129. The average Bonchev–Trinajstić information content (AvgIpc) is 2.45. The summed E-state index contributed by atoms with van der Waals surface area (Å²) in [6, 6.07) is 2.83. The molecule has 1 aromatic rings. The molecule has 0 radical (unpaired) electrons. The van der Waals surface area contributed by atoms with Crippen LogP contribution < -0.4 is 16.4 Å². The van der Waals surface area contributed by atoms with Crippen LogP contribution in [0.1, 0.15) is 5.56 Å². The predicted molar refractivity (Wildman–Crippen MR) is 95.4 cm³/mol. The van der Waals surface area contributed by atoms with Gasteiger partial charge in [-0.05, 0) is 12.1 Å². The minimum Gasteiger partial charge on any atom is -0.476 e. The van der Waals surface area contributed by atoms with Crippen LogP contribution in [-0.4, -0.2) is 30.9 Å². The fourth-order valence-electron chi connectivity index (χ4n) is 1.94. The molecule has 0 aromatic heterocycles. The zero-order chi connectivity index (χ0) is 18.6. The molecule has 1 rings (SSSR count). The maximum atomic E-state index is 14.6. The van der Waals surface area contributed by atoms with Crippen molar-refractivity contribution in [1.82, 2.24) is 0 Å². The molecule has 0 aliphatic carbocycles. The third-order valence-electron chi connectivity index (χ3n) is 3.04. The third kappa shape index (κ3) is 3.94. The summed E-state index contributed by atoms with van der Waals surface area (Å²) >= 11 is 5.98. The van der Waals surface area contributed by atoms with E-state index < -0.39 is 17.5 Å². The van der Waals surface area contributed by atoms with Crippen LogP contribution in [-0.2, 0) is 4.79 Å². The van der Waals surface area contributed by atoms with Gasteiger partial charge >= 0.3 is 5.97 Å². The second-order valence-corrected chi connectivity index (χ2v) is 5.34. The van der Waals surface area contributed by atoms with E-state index in [1.54, 1.807) is 14.1 Å². The first-order chi connectivity index (χ1) is 11.1. The van der Waals surface area contributed by atoms with E-state index in [0.29, 0.717) is 0 Å². The number of allylic oxidation sites excluding steroid dienone is 1. The van der Waals surface area contributed by atoms with Crippen LogP contribution in [0.3, 0.4) is 0 Å². The van der Waals surface area contributed by atoms with Gasteiger partial charge in [0.25, 0.3) is 0 Å². The van der Waals surface area contributed by atoms with Crippen molar-refractivity contribution in [3.8, 4) is 0 Å². The van der Waals surface area contributed by atoms with Gasteiger partial charge in [0.2, 0.25) is 0 Å². The Morgan fingerprint density at radius 1 is 1.42 bits per heavy atom. The molecular formula is C16H18ClFN4O2. The van der Waals surface area contributed by atoms with Crippen molar-refractivity contribution in [3.63, 3.8) is 0 Å². The van der Waals surface area contributed by atoms with Crippen molar-refractivity contribution < 1.29 is 14.3 Å². The Morgan fingerprint density at radius 2 is 2.00 bits per heavy atom. The van der Waals surface area contributed by atoms with Gasteiger partial charge in [0, 0.05) is 25.2 Å². The van der Waals surface area contributed by atoms with Crippen molar-refractivity contribution in [2.24, 2.45) is 16.5 Å². The molecule has 8 heteroatoms. The van der Waals surface area contributed by atoms with Gasteiger partial charge in [-0.25, -0.2) is 14.2 Å². The number of hydrogen-bond donors (Lipinski definition) is 3. The van der Waals surface area contributed by atoms with E-state index in [4.69, 9.17) is 23.1 Å². The minimum absolute atomic E-state index is 0.000792. The normalized spacial score (nSPS) is 10.9. The SMILES string of the molecule is C=CC(=C(N)N)/C(=N\C(=C)c1ccc(Cl)c(N(C)C)c1F)C(=O)O. The number of aliphatic carboxylic acids is 1. The maximum Gasteiger partial charge on any atom is 0.355 e. The number of hydrogen-bond acceptors (Lipinski definition) is 5. The molecule has 6 nitrogen and oxygen atoms in total. The monoisotopic (exact) mass is 352 g/mol. The van der Waals surface area contributed by atoms with Crippen LogP contribution >= 0.6 is 11.6 Å². The number of aliphatic imine (C=N–C) groups is 1. The minimum atomic E-state index is -1.40. The molecule has 0 fully saturated rings. The zero-order valence-corrected chi connectivity index (χ0v) is 14.1. The second kappa shape index (κ2) is 7.65. The molecular weight excluding hydrogens is 335 g/mol. The van der Waals surface area contributed by atoms with Gasteiger partial charge in [-0.1, -0.05) is 30.8 Å². The molecule has 0 heterocycles. The van der Waals surface area contributed by atoms with E-state index in [2.05, 4.69) is 18.2 Å². The molecule has 0 amide bonds. The highest BCUT2D eigenvalue weighted by atomic mass is 35.5. The van der Waals surface area contributed by atoms with Crippen LogP contribution in [0.2, 0.25) is 5.02 Å². The Hall–Kier alpha value is -2.80. The Morgan fingerprint density at radius 3 is 2.42 bits per heavy atom. The van der Waals surface area contributed by atoms with Gasteiger partial charge in [0.05, 0.1) is 16.4 Å². The number of anilines is 1. The Balaban J connectivity index is 3.51. The van der Waals surface area contributed by atoms with Crippen LogP contribution in [0.5, 0.6) is 0 Å². The van der Waals surface area contributed by atoms with E-state index in [1.165, 1.54) is 17.0 Å². The first-order valence-corrected chi connectivity index (χ1v) is 7.04. The molecule has 0 saturated heterocycles. The van der Waals surface area contributed by atoms with E-state index >= 15 is 0 Å². The number of carbonyl (C=O) groups is 1. The largest absolute Gasteiger partial charge is 0.476 e. The molecule has 0 saturated carbocycles. The summed E-state index contributed by atoms with van der Waals surface area (Å²) in [5, 5.41) is 9.49. The lowest BCUT2D eigenvalue weighted by atomic mass is 10.1.